The summed E-state index contributed by atoms with van der Waals surface area (Å²) in [7, 11) is 0. The van der Waals surface area contributed by atoms with Gasteiger partial charge in [0.15, 0.2) is 12.2 Å². The maximum atomic E-state index is 5.40. The number of hydrogen-bond donors (Lipinski definition) is 0. The van der Waals surface area contributed by atoms with Crippen LogP contribution in [0.4, 0.5) is 0 Å². The normalized spacial score (nSPS) is 10.7. The summed E-state index contributed by atoms with van der Waals surface area (Å²) in [6.07, 6.45) is 3.56. The second kappa shape index (κ2) is 3.92. The molecule has 4 heteroatoms. The molecule has 0 saturated carbocycles. The van der Waals surface area contributed by atoms with E-state index in [2.05, 4.69) is 16.9 Å². The van der Waals surface area contributed by atoms with Crippen LogP contribution in [-0.4, -0.2) is 9.97 Å². The fraction of sp³-hybridized carbons (Fsp3) is 0.400. The molecule has 3 nitrogen and oxygen atoms in total. The summed E-state index contributed by atoms with van der Waals surface area (Å²) in [6, 6.07) is 0. The van der Waals surface area contributed by atoms with Gasteiger partial charge in [0.2, 0.25) is 0 Å². The van der Waals surface area contributed by atoms with Gasteiger partial charge in [-0.2, -0.15) is 0 Å². The minimum absolute atomic E-state index is 0.895. The molecule has 2 rings (SSSR count). The Morgan fingerprint density at radius 2 is 2.29 bits per heavy atom. The molecule has 2 heterocycles. The molecule has 74 valence electrons. The SMILES string of the molecule is CCCc1ncoc1-c1scnc1C. The zero-order valence-electron chi connectivity index (χ0n) is 8.28. The zero-order chi connectivity index (χ0) is 9.97. The van der Waals surface area contributed by atoms with Gasteiger partial charge in [-0.1, -0.05) is 13.3 Å². The lowest BCUT2D eigenvalue weighted by Gasteiger charge is -1.96. The van der Waals surface area contributed by atoms with Crippen LogP contribution in [0.1, 0.15) is 24.7 Å². The van der Waals surface area contributed by atoms with Gasteiger partial charge in [0, 0.05) is 0 Å². The Hall–Kier alpha value is -1.16. The Morgan fingerprint density at radius 1 is 1.43 bits per heavy atom. The Balaban J connectivity index is 2.41. The minimum Gasteiger partial charge on any atom is -0.442 e. The van der Waals surface area contributed by atoms with Crippen molar-refractivity contribution in [3.8, 4) is 10.6 Å². The first-order chi connectivity index (χ1) is 6.83. The van der Waals surface area contributed by atoms with E-state index < -0.39 is 0 Å². The molecule has 0 atom stereocenters. The highest BCUT2D eigenvalue weighted by atomic mass is 32.1. The summed E-state index contributed by atoms with van der Waals surface area (Å²) in [4.78, 5) is 9.52. The minimum atomic E-state index is 0.895. The predicted molar refractivity (Wildman–Crippen MR) is 56.3 cm³/mol. The Morgan fingerprint density at radius 3 is 2.93 bits per heavy atom. The Kier molecular flexibility index (Phi) is 2.63. The monoisotopic (exact) mass is 208 g/mol. The van der Waals surface area contributed by atoms with Gasteiger partial charge in [0.05, 0.1) is 21.8 Å². The first-order valence-electron chi connectivity index (χ1n) is 4.65. The number of aryl methyl sites for hydroxylation is 2. The van der Waals surface area contributed by atoms with E-state index in [1.165, 1.54) is 6.39 Å². The molecule has 0 saturated heterocycles. The fourth-order valence-electron chi connectivity index (χ4n) is 1.39. The molecule has 14 heavy (non-hydrogen) atoms. The second-order valence-electron chi connectivity index (χ2n) is 3.15. The van der Waals surface area contributed by atoms with Gasteiger partial charge in [0.1, 0.15) is 0 Å². The molecule has 2 aromatic rings. The second-order valence-corrected chi connectivity index (χ2v) is 4.00. The molecule has 0 amide bonds. The van der Waals surface area contributed by atoms with E-state index in [1.807, 2.05) is 12.4 Å². The Bertz CT molecular complexity index is 419. The van der Waals surface area contributed by atoms with Gasteiger partial charge in [0.25, 0.3) is 0 Å². The molecule has 0 aliphatic heterocycles. The van der Waals surface area contributed by atoms with Gasteiger partial charge in [-0.15, -0.1) is 11.3 Å². The van der Waals surface area contributed by atoms with Crippen molar-refractivity contribution >= 4 is 11.3 Å². The van der Waals surface area contributed by atoms with E-state index >= 15 is 0 Å². The van der Waals surface area contributed by atoms with Crippen molar-refractivity contribution in [2.75, 3.05) is 0 Å². The van der Waals surface area contributed by atoms with Crippen LogP contribution in [0.2, 0.25) is 0 Å². The average Bonchev–Trinajstić information content (AvgIpc) is 2.74. The van der Waals surface area contributed by atoms with Crippen molar-refractivity contribution < 1.29 is 4.42 Å². The number of oxazole rings is 1. The van der Waals surface area contributed by atoms with E-state index in [9.17, 15) is 0 Å². The lowest BCUT2D eigenvalue weighted by molar-refractivity contribution is 0.571. The van der Waals surface area contributed by atoms with E-state index in [0.29, 0.717) is 0 Å². The van der Waals surface area contributed by atoms with Gasteiger partial charge < -0.3 is 4.42 Å². The quantitative estimate of drug-likeness (QED) is 0.778. The third-order valence-electron chi connectivity index (χ3n) is 2.08. The van der Waals surface area contributed by atoms with Gasteiger partial charge >= 0.3 is 0 Å². The van der Waals surface area contributed by atoms with Crippen LogP contribution < -0.4 is 0 Å². The van der Waals surface area contributed by atoms with Crippen molar-refractivity contribution in [1.29, 1.82) is 0 Å². The van der Waals surface area contributed by atoms with Crippen LogP contribution in [0.15, 0.2) is 16.3 Å². The zero-order valence-corrected chi connectivity index (χ0v) is 9.10. The summed E-state index contributed by atoms with van der Waals surface area (Å²) in [6.45, 7) is 4.13. The van der Waals surface area contributed by atoms with Crippen LogP contribution in [0.5, 0.6) is 0 Å². The summed E-state index contributed by atoms with van der Waals surface area (Å²) >= 11 is 1.60. The van der Waals surface area contributed by atoms with Gasteiger partial charge in [-0.3, -0.25) is 0 Å². The summed E-state index contributed by atoms with van der Waals surface area (Å²) in [5, 5.41) is 0. The molecular formula is C10H12N2OS. The van der Waals surface area contributed by atoms with E-state index in [0.717, 1.165) is 34.9 Å². The maximum absolute atomic E-state index is 5.40. The highest BCUT2D eigenvalue weighted by Crippen LogP contribution is 2.30. The van der Waals surface area contributed by atoms with Crippen LogP contribution in [0, 0.1) is 6.92 Å². The number of rotatable bonds is 3. The largest absolute Gasteiger partial charge is 0.442 e. The lowest BCUT2D eigenvalue weighted by atomic mass is 10.2. The van der Waals surface area contributed by atoms with E-state index in [1.54, 1.807) is 11.3 Å². The number of hydrogen-bond acceptors (Lipinski definition) is 4. The van der Waals surface area contributed by atoms with Crippen molar-refractivity contribution in [1.82, 2.24) is 9.97 Å². The van der Waals surface area contributed by atoms with Gasteiger partial charge in [-0.25, -0.2) is 9.97 Å². The van der Waals surface area contributed by atoms with Crippen molar-refractivity contribution in [3.63, 3.8) is 0 Å². The first-order valence-corrected chi connectivity index (χ1v) is 5.53. The maximum Gasteiger partial charge on any atom is 0.181 e. The molecule has 0 unspecified atom stereocenters. The number of aromatic nitrogens is 2. The first kappa shape index (κ1) is 9.40. The molecule has 0 bridgehead atoms. The van der Waals surface area contributed by atoms with E-state index in [-0.39, 0.29) is 0 Å². The molecular weight excluding hydrogens is 196 g/mol. The van der Waals surface area contributed by atoms with Crippen LogP contribution in [-0.2, 0) is 6.42 Å². The third kappa shape index (κ3) is 1.57. The molecule has 0 spiro atoms. The predicted octanol–water partition coefficient (Wildman–Crippen LogP) is 3.06. The third-order valence-corrected chi connectivity index (χ3v) is 3.01. The number of nitrogens with zero attached hydrogens (tertiary/aromatic N) is 2. The van der Waals surface area contributed by atoms with Crippen molar-refractivity contribution in [2.45, 2.75) is 26.7 Å². The van der Waals surface area contributed by atoms with Crippen LogP contribution in [0.3, 0.4) is 0 Å². The molecule has 0 fully saturated rings. The van der Waals surface area contributed by atoms with Crippen LogP contribution >= 0.6 is 11.3 Å². The number of thiazole rings is 1. The van der Waals surface area contributed by atoms with Crippen molar-refractivity contribution in [3.05, 3.63) is 23.3 Å². The lowest BCUT2D eigenvalue weighted by Crippen LogP contribution is -1.86. The molecule has 0 aliphatic rings. The average molecular weight is 208 g/mol. The highest BCUT2D eigenvalue weighted by Gasteiger charge is 2.13. The van der Waals surface area contributed by atoms with Crippen LogP contribution in [0.25, 0.3) is 10.6 Å². The fourth-order valence-corrected chi connectivity index (χ4v) is 2.20. The van der Waals surface area contributed by atoms with Crippen molar-refractivity contribution in [2.24, 2.45) is 0 Å². The van der Waals surface area contributed by atoms with Gasteiger partial charge in [-0.05, 0) is 13.3 Å². The van der Waals surface area contributed by atoms with E-state index in [4.69, 9.17) is 4.42 Å². The Labute approximate surface area is 86.8 Å². The topological polar surface area (TPSA) is 38.9 Å². The summed E-state index contributed by atoms with van der Waals surface area (Å²) in [5.74, 6) is 0.895. The summed E-state index contributed by atoms with van der Waals surface area (Å²) in [5.41, 5.74) is 3.90. The summed E-state index contributed by atoms with van der Waals surface area (Å²) < 4.78 is 5.40. The molecule has 2 aromatic heterocycles. The molecule has 0 aliphatic carbocycles. The standard InChI is InChI=1S/C10H12N2OS/c1-3-4-8-9(13-5-11-8)10-7(2)12-6-14-10/h5-6H,3-4H2,1-2H3. The molecule has 0 aromatic carbocycles. The smallest absolute Gasteiger partial charge is 0.181 e. The molecule has 0 radical (unpaired) electrons. The highest BCUT2D eigenvalue weighted by molar-refractivity contribution is 7.13. The molecule has 0 N–H and O–H groups in total.